The summed E-state index contributed by atoms with van der Waals surface area (Å²) in [5.41, 5.74) is 4.00. The van der Waals surface area contributed by atoms with Crippen LogP contribution in [0.1, 0.15) is 96.1 Å². The van der Waals surface area contributed by atoms with Crippen molar-refractivity contribution in [1.29, 1.82) is 0 Å². The second-order valence-corrected chi connectivity index (χ2v) is 13.8. The number of halogens is 1. The van der Waals surface area contributed by atoms with Gasteiger partial charge < -0.3 is 15.3 Å². The molecule has 38 heavy (non-hydrogen) atoms. The zero-order valence-corrected chi connectivity index (χ0v) is 25.4. The Labute approximate surface area is 237 Å². The van der Waals surface area contributed by atoms with Crippen LogP contribution in [-0.4, -0.2) is 59.9 Å². The Hall–Kier alpha value is -1.33. The number of aliphatic hydroxyl groups is 1. The Morgan fingerprint density at radius 3 is 2.58 bits per heavy atom. The number of aryl methyl sites for hydroxylation is 1. The predicted octanol–water partition coefficient (Wildman–Crippen LogP) is 7.19. The number of piperidine rings is 1. The van der Waals surface area contributed by atoms with Gasteiger partial charge >= 0.3 is 0 Å². The highest BCUT2D eigenvalue weighted by Gasteiger charge is 2.40. The number of likely N-dealkylation sites (tertiary alicyclic amines) is 1. The fourth-order valence-electron chi connectivity index (χ4n) is 6.83. The summed E-state index contributed by atoms with van der Waals surface area (Å²) in [5.74, 6) is 0. The van der Waals surface area contributed by atoms with Crippen LogP contribution < -0.4 is 5.32 Å². The van der Waals surface area contributed by atoms with Gasteiger partial charge in [-0.05, 0) is 101 Å². The molecule has 0 bridgehead atoms. The summed E-state index contributed by atoms with van der Waals surface area (Å²) in [5, 5.41) is 15.7. The van der Waals surface area contributed by atoms with E-state index in [1.54, 1.807) is 0 Å². The molecule has 2 N–H and O–H groups in total. The van der Waals surface area contributed by atoms with E-state index in [0.29, 0.717) is 12.1 Å². The highest BCUT2D eigenvalue weighted by atomic mass is 35.5. The fraction of sp³-hybridized carbons (Fsp3) is 0.697. The summed E-state index contributed by atoms with van der Waals surface area (Å²) in [6, 6.07) is 7.89. The minimum atomic E-state index is -0.402. The molecule has 212 valence electrons. The zero-order valence-electron chi connectivity index (χ0n) is 24.6. The average Bonchev–Trinajstić information content (AvgIpc) is 3.14. The molecule has 1 aliphatic heterocycles. The van der Waals surface area contributed by atoms with Crippen LogP contribution in [0.15, 0.2) is 42.1 Å². The van der Waals surface area contributed by atoms with Crippen LogP contribution in [0.4, 0.5) is 0 Å². The van der Waals surface area contributed by atoms with Crippen LogP contribution >= 0.6 is 11.6 Å². The van der Waals surface area contributed by atoms with Crippen LogP contribution in [0.25, 0.3) is 0 Å². The van der Waals surface area contributed by atoms with Gasteiger partial charge in [0.25, 0.3) is 0 Å². The fourth-order valence-corrected chi connectivity index (χ4v) is 6.94. The summed E-state index contributed by atoms with van der Waals surface area (Å²) in [6.07, 6.45) is 18.4. The standard InChI is InChI=1S/C33H52ClN3O/c1-25-23-26(15-16-30(25)34)33(18-21-37(22-19-33)31(38)32(2,3)4)17-20-36(5)29-14-10-9-13-28(24-29)35-27-11-7-6-8-12-27/h6-7,11,15-16,23,28-29,31,35,38H,8-10,12-14,17-22,24H2,1-5H3. The van der Waals surface area contributed by atoms with E-state index < -0.39 is 6.23 Å². The Morgan fingerprint density at radius 2 is 1.92 bits per heavy atom. The second-order valence-electron chi connectivity index (χ2n) is 13.4. The van der Waals surface area contributed by atoms with E-state index in [-0.39, 0.29) is 10.8 Å². The van der Waals surface area contributed by atoms with Gasteiger partial charge in [0.05, 0.1) is 0 Å². The Balaban J connectivity index is 1.44. The molecule has 3 unspecified atom stereocenters. The van der Waals surface area contributed by atoms with Gasteiger partial charge in [0, 0.05) is 41.3 Å². The van der Waals surface area contributed by atoms with Gasteiger partial charge in [-0.3, -0.25) is 4.90 Å². The molecular formula is C33H52ClN3O. The number of allylic oxidation sites excluding steroid dienone is 4. The van der Waals surface area contributed by atoms with E-state index in [1.807, 2.05) is 0 Å². The zero-order chi connectivity index (χ0) is 27.3. The van der Waals surface area contributed by atoms with Crippen LogP contribution in [0.5, 0.6) is 0 Å². The van der Waals surface area contributed by atoms with E-state index in [4.69, 9.17) is 11.6 Å². The number of nitrogens with zero attached hydrogens (tertiary/aromatic N) is 2. The van der Waals surface area contributed by atoms with Crippen LogP contribution in [-0.2, 0) is 5.41 Å². The first-order valence-corrected chi connectivity index (χ1v) is 15.5. The van der Waals surface area contributed by atoms with E-state index >= 15 is 0 Å². The van der Waals surface area contributed by atoms with Crippen molar-refractivity contribution in [1.82, 2.24) is 15.1 Å². The van der Waals surface area contributed by atoms with Crippen LogP contribution in [0, 0.1) is 12.3 Å². The van der Waals surface area contributed by atoms with Crippen molar-refractivity contribution in [3.05, 3.63) is 58.3 Å². The van der Waals surface area contributed by atoms with Gasteiger partial charge in [-0.2, -0.15) is 0 Å². The summed E-state index contributed by atoms with van der Waals surface area (Å²) >= 11 is 6.44. The number of hydrogen-bond acceptors (Lipinski definition) is 4. The van der Waals surface area contributed by atoms with Crippen molar-refractivity contribution in [2.24, 2.45) is 5.41 Å². The lowest BCUT2D eigenvalue weighted by molar-refractivity contribution is -0.0870. The Kier molecular flexibility index (Phi) is 10.1. The van der Waals surface area contributed by atoms with Crippen molar-refractivity contribution in [3.8, 4) is 0 Å². The highest BCUT2D eigenvalue weighted by Crippen LogP contribution is 2.41. The quantitative estimate of drug-likeness (QED) is 0.341. The topological polar surface area (TPSA) is 38.7 Å². The molecule has 0 spiro atoms. The van der Waals surface area contributed by atoms with Crippen molar-refractivity contribution in [3.63, 3.8) is 0 Å². The molecule has 1 saturated heterocycles. The van der Waals surface area contributed by atoms with Gasteiger partial charge in [0.15, 0.2) is 0 Å². The summed E-state index contributed by atoms with van der Waals surface area (Å²) in [6.45, 7) is 11.5. The van der Waals surface area contributed by atoms with Gasteiger partial charge in [-0.25, -0.2) is 0 Å². The summed E-state index contributed by atoms with van der Waals surface area (Å²) in [4.78, 5) is 4.96. The molecule has 4 rings (SSSR count). The van der Waals surface area contributed by atoms with E-state index in [2.05, 4.69) is 86.3 Å². The Morgan fingerprint density at radius 1 is 1.18 bits per heavy atom. The normalized spacial score (nSPS) is 25.6. The van der Waals surface area contributed by atoms with Gasteiger partial charge in [0.2, 0.25) is 0 Å². The van der Waals surface area contributed by atoms with E-state index in [1.165, 1.54) is 48.9 Å². The van der Waals surface area contributed by atoms with Crippen LogP contribution in [0.2, 0.25) is 5.02 Å². The lowest BCUT2D eigenvalue weighted by Gasteiger charge is -2.47. The van der Waals surface area contributed by atoms with E-state index in [0.717, 1.165) is 56.8 Å². The maximum Gasteiger partial charge on any atom is 0.112 e. The van der Waals surface area contributed by atoms with Gasteiger partial charge in [-0.15, -0.1) is 0 Å². The second kappa shape index (κ2) is 12.9. The maximum atomic E-state index is 11.0. The molecule has 2 aliphatic carbocycles. The maximum absolute atomic E-state index is 11.0. The SMILES string of the molecule is Cc1cc(C2(CCN(C)C3CCCCC(NC4=CC=CCC4)C3)CCN(C(O)C(C)(C)C)CC2)ccc1Cl. The molecule has 0 aromatic heterocycles. The average molecular weight is 542 g/mol. The highest BCUT2D eigenvalue weighted by molar-refractivity contribution is 6.31. The number of benzene rings is 1. The molecule has 5 heteroatoms. The van der Waals surface area contributed by atoms with Crippen molar-refractivity contribution < 1.29 is 5.11 Å². The number of rotatable bonds is 8. The smallest absolute Gasteiger partial charge is 0.112 e. The minimum Gasteiger partial charge on any atom is -0.386 e. The van der Waals surface area contributed by atoms with Gasteiger partial charge in [0.1, 0.15) is 6.23 Å². The molecule has 0 radical (unpaired) electrons. The third-order valence-electron chi connectivity index (χ3n) is 9.51. The monoisotopic (exact) mass is 541 g/mol. The molecule has 1 aromatic rings. The molecular weight excluding hydrogens is 490 g/mol. The predicted molar refractivity (Wildman–Crippen MR) is 162 cm³/mol. The number of aliphatic hydroxyl groups excluding tert-OH is 1. The third kappa shape index (κ3) is 7.44. The van der Waals surface area contributed by atoms with E-state index in [9.17, 15) is 5.11 Å². The van der Waals surface area contributed by atoms with Crippen molar-refractivity contribution in [2.45, 2.75) is 116 Å². The minimum absolute atomic E-state index is 0.124. The largest absolute Gasteiger partial charge is 0.386 e. The Bertz CT molecular complexity index is 973. The first kappa shape index (κ1) is 29.6. The van der Waals surface area contributed by atoms with Crippen molar-refractivity contribution >= 4 is 11.6 Å². The molecule has 1 aromatic carbocycles. The summed E-state index contributed by atoms with van der Waals surface area (Å²) in [7, 11) is 2.36. The van der Waals surface area contributed by atoms with Crippen LogP contribution in [0.3, 0.4) is 0 Å². The number of hydrogen-bond donors (Lipinski definition) is 2. The molecule has 2 fully saturated rings. The number of nitrogens with one attached hydrogen (secondary N) is 1. The molecule has 3 aliphatic rings. The lowest BCUT2D eigenvalue weighted by Crippen LogP contribution is -2.52. The van der Waals surface area contributed by atoms with Gasteiger partial charge in [-0.1, -0.05) is 69.5 Å². The first-order valence-electron chi connectivity index (χ1n) is 15.1. The molecule has 3 atom stereocenters. The molecule has 4 nitrogen and oxygen atoms in total. The summed E-state index contributed by atoms with van der Waals surface area (Å²) < 4.78 is 0. The van der Waals surface area contributed by atoms with Crippen molar-refractivity contribution in [2.75, 3.05) is 26.7 Å². The lowest BCUT2D eigenvalue weighted by atomic mass is 9.69. The molecule has 1 saturated carbocycles. The molecule has 0 amide bonds. The third-order valence-corrected chi connectivity index (χ3v) is 9.94. The molecule has 1 heterocycles. The first-order chi connectivity index (χ1) is 18.1.